The largest absolute Gasteiger partial charge is 1.00 e. The van der Waals surface area contributed by atoms with Crippen molar-refractivity contribution in [3.8, 4) is 0 Å². The van der Waals surface area contributed by atoms with Gasteiger partial charge < -0.3 is 9.90 Å². The van der Waals surface area contributed by atoms with Crippen LogP contribution in [0.25, 0.3) is 0 Å². The predicted octanol–water partition coefficient (Wildman–Crippen LogP) is -2.82. The number of rotatable bonds is 3. The predicted molar refractivity (Wildman–Crippen MR) is 29.1 cm³/mol. The second-order valence-electron chi connectivity index (χ2n) is 2.01. The zero-order valence-corrected chi connectivity index (χ0v) is 9.43. The van der Waals surface area contributed by atoms with Gasteiger partial charge in [0.15, 0.2) is 0 Å². The summed E-state index contributed by atoms with van der Waals surface area (Å²) in [6.07, 6.45) is 1.64. The van der Waals surface area contributed by atoms with Crippen LogP contribution in [0, 0.1) is 5.92 Å². The molecule has 0 aliphatic carbocycles. The summed E-state index contributed by atoms with van der Waals surface area (Å²) in [4.78, 5) is 9.98. The van der Waals surface area contributed by atoms with E-state index in [1.165, 1.54) is 0 Å². The molecule has 0 amide bonds. The molecule has 0 fully saturated rings. The molecule has 0 saturated carbocycles. The Labute approximate surface area is 98.4 Å². The van der Waals surface area contributed by atoms with Crippen LogP contribution in [0.3, 0.4) is 0 Å². The van der Waals surface area contributed by atoms with E-state index < -0.39 is 5.97 Å². The van der Waals surface area contributed by atoms with E-state index in [0.717, 1.165) is 12.8 Å². The molecule has 0 N–H and O–H groups in total. The van der Waals surface area contributed by atoms with Gasteiger partial charge in [-0.3, -0.25) is 0 Å². The van der Waals surface area contributed by atoms with Gasteiger partial charge in [-0.15, -0.1) is 0 Å². The third-order valence-electron chi connectivity index (χ3n) is 1.12. The Kier molecular flexibility index (Phi) is 10.2. The summed E-state index contributed by atoms with van der Waals surface area (Å²) in [5.41, 5.74) is 0. The van der Waals surface area contributed by atoms with Gasteiger partial charge >= 0.3 is 51.4 Å². The molecule has 0 radical (unpaired) electrons. The molecule has 0 aromatic rings. The van der Waals surface area contributed by atoms with Crippen LogP contribution in [0.1, 0.15) is 26.7 Å². The quantitative estimate of drug-likeness (QED) is 0.411. The minimum absolute atomic E-state index is 0. The molecule has 0 aliphatic heterocycles. The number of carbonyl (C=O) groups is 1. The zero-order chi connectivity index (χ0) is 6.57. The van der Waals surface area contributed by atoms with E-state index in [4.69, 9.17) is 0 Å². The van der Waals surface area contributed by atoms with Crippen molar-refractivity contribution in [2.45, 2.75) is 26.7 Å². The third kappa shape index (κ3) is 7.00. The summed E-state index contributed by atoms with van der Waals surface area (Å²) in [6.45, 7) is 3.62. The van der Waals surface area contributed by atoms with Gasteiger partial charge in [0.25, 0.3) is 0 Å². The fourth-order valence-corrected chi connectivity index (χ4v) is 0.551. The zero-order valence-electron chi connectivity index (χ0n) is 6.31. The first kappa shape index (κ1) is 12.8. The molecule has 0 saturated heterocycles. The summed E-state index contributed by atoms with van der Waals surface area (Å²) in [5, 5.41) is 9.98. The van der Waals surface area contributed by atoms with Gasteiger partial charge in [0.2, 0.25) is 0 Å². The van der Waals surface area contributed by atoms with Crippen LogP contribution >= 0.6 is 0 Å². The smallest absolute Gasteiger partial charge is 0.550 e. The second kappa shape index (κ2) is 7.22. The van der Waals surface area contributed by atoms with Gasteiger partial charge in [-0.1, -0.05) is 20.3 Å². The maximum absolute atomic E-state index is 9.98. The van der Waals surface area contributed by atoms with E-state index in [9.17, 15) is 9.90 Å². The van der Waals surface area contributed by atoms with Crippen molar-refractivity contribution in [1.82, 2.24) is 0 Å². The van der Waals surface area contributed by atoms with E-state index in [1.54, 1.807) is 6.92 Å². The molecule has 2 nitrogen and oxygen atoms in total. The number of aliphatic carboxylic acids is 1. The SMILES string of the molecule is CCCC(C)C(=O)[O-].[K+]. The molecular formula is C6H11KO2. The molecule has 0 aromatic heterocycles. The van der Waals surface area contributed by atoms with Gasteiger partial charge in [0.05, 0.1) is 0 Å². The molecule has 48 valence electrons. The Bertz CT molecular complexity index is 83.1. The first-order valence-electron chi connectivity index (χ1n) is 2.89. The Morgan fingerprint density at radius 1 is 1.67 bits per heavy atom. The molecule has 0 spiro atoms. The van der Waals surface area contributed by atoms with Gasteiger partial charge in [-0.05, 0) is 12.3 Å². The maximum atomic E-state index is 9.98. The van der Waals surface area contributed by atoms with Crippen LogP contribution in [-0.2, 0) is 4.79 Å². The van der Waals surface area contributed by atoms with Crippen molar-refractivity contribution >= 4 is 5.97 Å². The van der Waals surface area contributed by atoms with E-state index in [1.807, 2.05) is 6.92 Å². The normalized spacial score (nSPS) is 11.8. The van der Waals surface area contributed by atoms with Crippen molar-refractivity contribution in [2.75, 3.05) is 0 Å². The van der Waals surface area contributed by atoms with E-state index >= 15 is 0 Å². The minimum Gasteiger partial charge on any atom is -0.550 e. The average Bonchev–Trinajstić information content (AvgIpc) is 1.67. The summed E-state index contributed by atoms with van der Waals surface area (Å²) in [5.74, 6) is -1.22. The van der Waals surface area contributed by atoms with Crippen LogP contribution in [-0.4, -0.2) is 5.97 Å². The molecule has 0 heterocycles. The van der Waals surface area contributed by atoms with Gasteiger partial charge in [-0.2, -0.15) is 0 Å². The van der Waals surface area contributed by atoms with Gasteiger partial charge in [0.1, 0.15) is 0 Å². The van der Waals surface area contributed by atoms with E-state index in [0.29, 0.717) is 0 Å². The standard InChI is InChI=1S/C6H12O2.K/c1-3-4-5(2)6(7)8;/h5H,3-4H2,1-2H3,(H,7,8);/q;+1/p-1. The Hall–Kier alpha value is 1.11. The summed E-state index contributed by atoms with van der Waals surface area (Å²) in [7, 11) is 0. The molecule has 1 atom stereocenters. The van der Waals surface area contributed by atoms with Crippen LogP contribution in [0.2, 0.25) is 0 Å². The number of carboxylic acids is 1. The van der Waals surface area contributed by atoms with Crippen molar-refractivity contribution in [1.29, 1.82) is 0 Å². The molecule has 0 aromatic carbocycles. The van der Waals surface area contributed by atoms with Crippen LogP contribution in [0.15, 0.2) is 0 Å². The molecule has 0 aliphatic rings. The molecule has 0 rings (SSSR count). The fourth-order valence-electron chi connectivity index (χ4n) is 0.551. The van der Waals surface area contributed by atoms with Gasteiger partial charge in [-0.25, -0.2) is 0 Å². The van der Waals surface area contributed by atoms with Crippen molar-refractivity contribution < 1.29 is 61.3 Å². The summed E-state index contributed by atoms with van der Waals surface area (Å²) >= 11 is 0. The fraction of sp³-hybridized carbons (Fsp3) is 0.833. The second-order valence-corrected chi connectivity index (χ2v) is 2.01. The Morgan fingerprint density at radius 3 is 2.22 bits per heavy atom. The third-order valence-corrected chi connectivity index (χ3v) is 1.12. The van der Waals surface area contributed by atoms with E-state index in [2.05, 4.69) is 0 Å². The summed E-state index contributed by atoms with van der Waals surface area (Å²) < 4.78 is 0. The summed E-state index contributed by atoms with van der Waals surface area (Å²) in [6, 6.07) is 0. The molecule has 0 bridgehead atoms. The Balaban J connectivity index is 0. The average molecular weight is 154 g/mol. The molecule has 9 heavy (non-hydrogen) atoms. The monoisotopic (exact) mass is 154 g/mol. The van der Waals surface area contributed by atoms with Crippen LogP contribution in [0.4, 0.5) is 0 Å². The number of carbonyl (C=O) groups excluding carboxylic acids is 1. The van der Waals surface area contributed by atoms with Crippen LogP contribution < -0.4 is 56.5 Å². The first-order valence-corrected chi connectivity index (χ1v) is 2.89. The van der Waals surface area contributed by atoms with Crippen LogP contribution in [0.5, 0.6) is 0 Å². The van der Waals surface area contributed by atoms with Crippen molar-refractivity contribution in [3.05, 3.63) is 0 Å². The maximum Gasteiger partial charge on any atom is 1.00 e. The van der Waals surface area contributed by atoms with Crippen molar-refractivity contribution in [3.63, 3.8) is 0 Å². The minimum atomic E-state index is -0.938. The Morgan fingerprint density at radius 2 is 2.11 bits per heavy atom. The number of hydrogen-bond donors (Lipinski definition) is 0. The molecule has 1 unspecified atom stereocenters. The number of hydrogen-bond acceptors (Lipinski definition) is 2. The first-order chi connectivity index (χ1) is 3.68. The van der Waals surface area contributed by atoms with E-state index in [-0.39, 0.29) is 57.3 Å². The topological polar surface area (TPSA) is 40.1 Å². The molecular weight excluding hydrogens is 143 g/mol. The van der Waals surface area contributed by atoms with Gasteiger partial charge in [0, 0.05) is 5.97 Å². The number of carboxylic acid groups (broad SMARTS) is 1. The molecule has 3 heteroatoms. The van der Waals surface area contributed by atoms with Crippen molar-refractivity contribution in [2.24, 2.45) is 5.92 Å².